The molecule has 2 nitrogen and oxygen atoms in total. The first-order chi connectivity index (χ1) is 9.04. The maximum absolute atomic E-state index is 13.5. The molecule has 19 heavy (non-hydrogen) atoms. The highest BCUT2D eigenvalue weighted by Gasteiger charge is 2.08. The number of rotatable bonds is 3. The van der Waals surface area contributed by atoms with Crippen LogP contribution in [0, 0.1) is 12.7 Å². The van der Waals surface area contributed by atoms with Crippen molar-refractivity contribution in [2.75, 3.05) is 5.32 Å². The summed E-state index contributed by atoms with van der Waals surface area (Å²) in [6, 6.07) is 11.8. The predicted molar refractivity (Wildman–Crippen MR) is 74.9 cm³/mol. The Bertz CT molecular complexity index is 613. The first-order valence-corrected chi connectivity index (χ1v) is 6.23. The molecule has 1 amide bonds. The van der Waals surface area contributed by atoms with Gasteiger partial charge in [-0.05, 0) is 30.7 Å². The summed E-state index contributed by atoms with van der Waals surface area (Å²) in [5.74, 6) is -0.795. The van der Waals surface area contributed by atoms with Gasteiger partial charge in [-0.1, -0.05) is 41.4 Å². The molecule has 1 N–H and O–H groups in total. The van der Waals surface area contributed by atoms with E-state index in [4.69, 9.17) is 11.6 Å². The number of hydrogen-bond donors (Lipinski definition) is 1. The smallest absolute Gasteiger partial charge is 0.228 e. The van der Waals surface area contributed by atoms with Crippen molar-refractivity contribution in [2.45, 2.75) is 13.3 Å². The summed E-state index contributed by atoms with van der Waals surface area (Å²) in [5.41, 5.74) is 2.12. The Morgan fingerprint density at radius 3 is 2.74 bits per heavy atom. The molecule has 0 radical (unpaired) electrons. The zero-order valence-electron chi connectivity index (χ0n) is 10.4. The molecule has 4 heteroatoms. The molecule has 0 spiro atoms. The fourth-order valence-corrected chi connectivity index (χ4v) is 1.95. The molecule has 98 valence electrons. The van der Waals surface area contributed by atoms with Crippen molar-refractivity contribution < 1.29 is 9.18 Å². The summed E-state index contributed by atoms with van der Waals surface area (Å²) in [5, 5.41) is 2.83. The highest BCUT2D eigenvalue weighted by Crippen LogP contribution is 2.19. The van der Waals surface area contributed by atoms with Crippen LogP contribution in [0.3, 0.4) is 0 Å². The van der Waals surface area contributed by atoms with E-state index in [9.17, 15) is 9.18 Å². The van der Waals surface area contributed by atoms with E-state index in [1.54, 1.807) is 0 Å². The lowest BCUT2D eigenvalue weighted by Crippen LogP contribution is -2.15. The van der Waals surface area contributed by atoms with Gasteiger partial charge >= 0.3 is 0 Å². The number of aryl methyl sites for hydroxylation is 1. The summed E-state index contributed by atoms with van der Waals surface area (Å²) in [7, 11) is 0. The van der Waals surface area contributed by atoms with Gasteiger partial charge in [0, 0.05) is 5.02 Å². The number of carbonyl (C=O) groups is 1. The molecule has 0 aliphatic carbocycles. The van der Waals surface area contributed by atoms with Gasteiger partial charge < -0.3 is 5.32 Å². The molecule has 2 aromatic carbocycles. The third-order valence-corrected chi connectivity index (χ3v) is 2.89. The Morgan fingerprint density at radius 1 is 1.26 bits per heavy atom. The number of amides is 1. The van der Waals surface area contributed by atoms with Gasteiger partial charge in [0.15, 0.2) is 0 Å². The van der Waals surface area contributed by atoms with E-state index in [2.05, 4.69) is 5.32 Å². The van der Waals surface area contributed by atoms with Gasteiger partial charge in [-0.15, -0.1) is 0 Å². The minimum absolute atomic E-state index is 0.141. The number of halogens is 2. The largest absolute Gasteiger partial charge is 0.323 e. The standard InChI is InChI=1S/C15H13ClFNO/c1-10-3-2-4-11(7-10)8-15(19)18-14-6-5-12(16)9-13(14)17/h2-7,9H,8H2,1H3,(H,18,19). The quantitative estimate of drug-likeness (QED) is 0.904. The minimum Gasteiger partial charge on any atom is -0.323 e. The molecule has 0 heterocycles. The number of hydrogen-bond acceptors (Lipinski definition) is 1. The predicted octanol–water partition coefficient (Wildman–Crippen LogP) is 3.97. The Kier molecular flexibility index (Phi) is 4.17. The van der Waals surface area contributed by atoms with Gasteiger partial charge in [0.05, 0.1) is 12.1 Å². The highest BCUT2D eigenvalue weighted by molar-refractivity contribution is 6.30. The summed E-state index contributed by atoms with van der Waals surface area (Å²) >= 11 is 5.65. The van der Waals surface area contributed by atoms with E-state index >= 15 is 0 Å². The number of nitrogens with one attached hydrogen (secondary N) is 1. The first kappa shape index (κ1) is 13.6. The third kappa shape index (κ3) is 3.80. The van der Waals surface area contributed by atoms with Crippen molar-refractivity contribution in [2.24, 2.45) is 0 Å². The van der Waals surface area contributed by atoms with Crippen LogP contribution in [0.4, 0.5) is 10.1 Å². The SMILES string of the molecule is Cc1cccc(CC(=O)Nc2ccc(Cl)cc2F)c1. The topological polar surface area (TPSA) is 29.1 Å². The van der Waals surface area contributed by atoms with Crippen LogP contribution in [-0.4, -0.2) is 5.91 Å². The Morgan fingerprint density at radius 2 is 2.05 bits per heavy atom. The van der Waals surface area contributed by atoms with Crippen LogP contribution in [0.1, 0.15) is 11.1 Å². The molecule has 0 saturated heterocycles. The van der Waals surface area contributed by atoms with Crippen LogP contribution in [0.2, 0.25) is 5.02 Å². The lowest BCUT2D eigenvalue weighted by Gasteiger charge is -2.07. The van der Waals surface area contributed by atoms with Crippen molar-refractivity contribution in [1.82, 2.24) is 0 Å². The Labute approximate surface area is 116 Å². The van der Waals surface area contributed by atoms with Crippen molar-refractivity contribution in [3.8, 4) is 0 Å². The van der Waals surface area contributed by atoms with Crippen molar-refractivity contribution >= 4 is 23.2 Å². The van der Waals surface area contributed by atoms with Gasteiger partial charge in [-0.3, -0.25) is 4.79 Å². The van der Waals surface area contributed by atoms with Gasteiger partial charge in [-0.2, -0.15) is 0 Å². The van der Waals surface area contributed by atoms with Crippen LogP contribution in [0.5, 0.6) is 0 Å². The molecule has 0 aliphatic rings. The molecular weight excluding hydrogens is 265 g/mol. The highest BCUT2D eigenvalue weighted by atomic mass is 35.5. The lowest BCUT2D eigenvalue weighted by atomic mass is 10.1. The first-order valence-electron chi connectivity index (χ1n) is 5.85. The molecule has 2 rings (SSSR count). The van der Waals surface area contributed by atoms with Gasteiger partial charge in [0.2, 0.25) is 5.91 Å². The fraction of sp³-hybridized carbons (Fsp3) is 0.133. The third-order valence-electron chi connectivity index (χ3n) is 2.65. The van der Waals surface area contributed by atoms with E-state index in [0.29, 0.717) is 5.02 Å². The Hall–Kier alpha value is -1.87. The van der Waals surface area contributed by atoms with Crippen LogP contribution in [0.15, 0.2) is 42.5 Å². The van der Waals surface area contributed by atoms with E-state index < -0.39 is 5.82 Å². The zero-order valence-corrected chi connectivity index (χ0v) is 11.2. The maximum atomic E-state index is 13.5. The minimum atomic E-state index is -0.537. The Balaban J connectivity index is 2.05. The van der Waals surface area contributed by atoms with Crippen molar-refractivity contribution in [3.63, 3.8) is 0 Å². The van der Waals surface area contributed by atoms with Crippen LogP contribution in [-0.2, 0) is 11.2 Å². The molecule has 0 bridgehead atoms. The summed E-state index contributed by atoms with van der Waals surface area (Å²) < 4.78 is 13.5. The maximum Gasteiger partial charge on any atom is 0.228 e. The molecular formula is C15H13ClFNO. The van der Waals surface area contributed by atoms with E-state index in [1.165, 1.54) is 18.2 Å². The normalized spacial score (nSPS) is 10.3. The number of carbonyl (C=O) groups excluding carboxylic acids is 1. The second-order valence-electron chi connectivity index (χ2n) is 4.34. The fourth-order valence-electron chi connectivity index (χ4n) is 1.79. The van der Waals surface area contributed by atoms with Crippen molar-refractivity contribution in [1.29, 1.82) is 0 Å². The van der Waals surface area contributed by atoms with Crippen molar-refractivity contribution in [3.05, 3.63) is 64.4 Å². The van der Waals surface area contributed by atoms with Crippen LogP contribution >= 0.6 is 11.6 Å². The summed E-state index contributed by atoms with van der Waals surface area (Å²) in [6.07, 6.45) is 0.212. The lowest BCUT2D eigenvalue weighted by molar-refractivity contribution is -0.115. The molecule has 0 aromatic heterocycles. The van der Waals surface area contributed by atoms with Gasteiger partial charge in [0.25, 0.3) is 0 Å². The molecule has 2 aromatic rings. The number of benzene rings is 2. The average molecular weight is 278 g/mol. The van der Waals surface area contributed by atoms with E-state index in [0.717, 1.165) is 11.1 Å². The number of anilines is 1. The monoisotopic (exact) mass is 277 g/mol. The van der Waals surface area contributed by atoms with Crippen LogP contribution in [0.25, 0.3) is 0 Å². The second-order valence-corrected chi connectivity index (χ2v) is 4.77. The second kappa shape index (κ2) is 5.85. The van der Waals surface area contributed by atoms with Crippen LogP contribution < -0.4 is 5.32 Å². The summed E-state index contributed by atoms with van der Waals surface area (Å²) in [4.78, 5) is 11.8. The molecule has 0 aliphatic heterocycles. The molecule has 0 unspecified atom stereocenters. The zero-order chi connectivity index (χ0) is 13.8. The van der Waals surface area contributed by atoms with E-state index in [-0.39, 0.29) is 18.0 Å². The summed E-state index contributed by atoms with van der Waals surface area (Å²) in [6.45, 7) is 1.96. The van der Waals surface area contributed by atoms with E-state index in [1.807, 2.05) is 31.2 Å². The molecule has 0 fully saturated rings. The van der Waals surface area contributed by atoms with Gasteiger partial charge in [-0.25, -0.2) is 4.39 Å². The molecule has 0 saturated carbocycles. The average Bonchev–Trinajstić information content (AvgIpc) is 2.33. The van der Waals surface area contributed by atoms with Gasteiger partial charge in [0.1, 0.15) is 5.82 Å². The molecule has 0 atom stereocenters.